The summed E-state index contributed by atoms with van der Waals surface area (Å²) in [7, 11) is 7.93. The molecule has 154 valence electrons. The number of aryl methyl sites for hydroxylation is 2. The normalized spacial score (nSPS) is 13.2. The van der Waals surface area contributed by atoms with Crippen LogP contribution in [0, 0.1) is 0 Å². The van der Waals surface area contributed by atoms with Crippen molar-refractivity contribution < 1.29 is 0 Å². The van der Waals surface area contributed by atoms with Crippen molar-refractivity contribution in [3.63, 3.8) is 0 Å². The number of nitrogens with one attached hydrogen (secondary N) is 2. The standard InChI is InChI=1S/C22H36N6/c1-17(2)19-11-9-18(10-12-19)8-7-13-24-22(23-3)25-15-21(27(4)5)20-14-26-28(6)16-20/h9-12,14,16-17,21H,7-8,13,15H2,1-6H3,(H2,23,24,25). The van der Waals surface area contributed by atoms with Gasteiger partial charge >= 0.3 is 0 Å². The first-order chi connectivity index (χ1) is 13.4. The van der Waals surface area contributed by atoms with Gasteiger partial charge in [0.15, 0.2) is 5.96 Å². The first kappa shape index (κ1) is 22.0. The Morgan fingerprint density at radius 1 is 1.14 bits per heavy atom. The predicted octanol–water partition coefficient (Wildman–Crippen LogP) is 2.94. The van der Waals surface area contributed by atoms with Gasteiger partial charge in [0.25, 0.3) is 0 Å². The van der Waals surface area contributed by atoms with E-state index in [1.165, 1.54) is 16.7 Å². The van der Waals surface area contributed by atoms with E-state index in [1.807, 2.05) is 25.0 Å². The van der Waals surface area contributed by atoms with E-state index in [4.69, 9.17) is 0 Å². The summed E-state index contributed by atoms with van der Waals surface area (Å²) in [6, 6.07) is 9.23. The van der Waals surface area contributed by atoms with Crippen molar-refractivity contribution in [2.45, 2.75) is 38.6 Å². The first-order valence-electron chi connectivity index (χ1n) is 10.1. The molecule has 2 N–H and O–H groups in total. The number of aliphatic imine (C=N–C) groups is 1. The van der Waals surface area contributed by atoms with Gasteiger partial charge in [-0.25, -0.2) is 0 Å². The molecule has 6 nitrogen and oxygen atoms in total. The Hall–Kier alpha value is -2.34. The molecule has 1 heterocycles. The lowest BCUT2D eigenvalue weighted by Gasteiger charge is -2.24. The predicted molar refractivity (Wildman–Crippen MR) is 118 cm³/mol. The first-order valence-corrected chi connectivity index (χ1v) is 10.1. The van der Waals surface area contributed by atoms with Crippen molar-refractivity contribution in [1.29, 1.82) is 0 Å². The summed E-state index contributed by atoms with van der Waals surface area (Å²) in [5.74, 6) is 1.42. The molecule has 2 rings (SSSR count). The fourth-order valence-electron chi connectivity index (χ4n) is 3.19. The number of hydrogen-bond donors (Lipinski definition) is 2. The van der Waals surface area contributed by atoms with E-state index in [1.54, 1.807) is 0 Å². The van der Waals surface area contributed by atoms with Crippen LogP contribution in [0.3, 0.4) is 0 Å². The summed E-state index contributed by atoms with van der Waals surface area (Å²) in [6.07, 6.45) is 6.13. The number of nitrogens with zero attached hydrogens (tertiary/aromatic N) is 4. The molecule has 0 fully saturated rings. The number of rotatable bonds is 9. The third-order valence-corrected chi connectivity index (χ3v) is 5.00. The summed E-state index contributed by atoms with van der Waals surface area (Å²) in [5, 5.41) is 11.1. The summed E-state index contributed by atoms with van der Waals surface area (Å²) in [6.45, 7) is 6.12. The van der Waals surface area contributed by atoms with Gasteiger partial charge in [-0.2, -0.15) is 5.10 Å². The average molecular weight is 385 g/mol. The zero-order chi connectivity index (χ0) is 20.5. The van der Waals surface area contributed by atoms with Crippen molar-refractivity contribution in [2.75, 3.05) is 34.2 Å². The molecule has 2 aromatic rings. The monoisotopic (exact) mass is 384 g/mol. The van der Waals surface area contributed by atoms with Crippen LogP contribution in [0.25, 0.3) is 0 Å². The van der Waals surface area contributed by atoms with Gasteiger partial charge in [-0.3, -0.25) is 9.67 Å². The Morgan fingerprint density at radius 3 is 2.39 bits per heavy atom. The Bertz CT molecular complexity index is 730. The van der Waals surface area contributed by atoms with Crippen molar-refractivity contribution in [3.05, 3.63) is 53.3 Å². The Morgan fingerprint density at radius 2 is 1.86 bits per heavy atom. The van der Waals surface area contributed by atoms with E-state index in [2.05, 4.69) is 84.0 Å². The second-order valence-electron chi connectivity index (χ2n) is 7.81. The van der Waals surface area contributed by atoms with Crippen LogP contribution in [0.5, 0.6) is 0 Å². The molecule has 0 bridgehead atoms. The summed E-state index contributed by atoms with van der Waals surface area (Å²) >= 11 is 0. The lowest BCUT2D eigenvalue weighted by Crippen LogP contribution is -2.42. The summed E-state index contributed by atoms with van der Waals surface area (Å²) in [4.78, 5) is 6.54. The number of guanidine groups is 1. The molecule has 6 heteroatoms. The van der Waals surface area contributed by atoms with Gasteiger partial charge in [0.1, 0.15) is 0 Å². The van der Waals surface area contributed by atoms with Gasteiger partial charge < -0.3 is 15.5 Å². The van der Waals surface area contributed by atoms with Gasteiger partial charge in [0.05, 0.1) is 12.2 Å². The summed E-state index contributed by atoms with van der Waals surface area (Å²) in [5.41, 5.74) is 3.98. The number of aromatic nitrogens is 2. The highest BCUT2D eigenvalue weighted by atomic mass is 15.3. The van der Waals surface area contributed by atoms with Crippen LogP contribution in [-0.2, 0) is 13.5 Å². The smallest absolute Gasteiger partial charge is 0.191 e. The van der Waals surface area contributed by atoms with E-state index in [0.717, 1.165) is 31.9 Å². The highest BCUT2D eigenvalue weighted by molar-refractivity contribution is 5.79. The number of benzene rings is 1. The van der Waals surface area contributed by atoms with Gasteiger partial charge in [0.2, 0.25) is 0 Å². The Labute approximate surface area is 170 Å². The van der Waals surface area contributed by atoms with Gasteiger partial charge in [-0.15, -0.1) is 0 Å². The molecule has 0 amide bonds. The van der Waals surface area contributed by atoms with Crippen molar-refractivity contribution in [1.82, 2.24) is 25.3 Å². The van der Waals surface area contributed by atoms with Crippen molar-refractivity contribution >= 4 is 5.96 Å². The van der Waals surface area contributed by atoms with E-state index >= 15 is 0 Å². The van der Waals surface area contributed by atoms with Crippen LogP contribution in [0.1, 0.15) is 48.9 Å². The Balaban J connectivity index is 1.76. The maximum absolute atomic E-state index is 4.35. The lowest BCUT2D eigenvalue weighted by atomic mass is 10.0. The molecule has 1 unspecified atom stereocenters. The van der Waals surface area contributed by atoms with E-state index in [0.29, 0.717) is 5.92 Å². The molecular weight excluding hydrogens is 348 g/mol. The quantitative estimate of drug-likeness (QED) is 0.396. The molecule has 0 aliphatic rings. The fraction of sp³-hybridized carbons (Fsp3) is 0.545. The van der Waals surface area contributed by atoms with Gasteiger partial charge in [-0.05, 0) is 44.0 Å². The zero-order valence-electron chi connectivity index (χ0n) is 18.2. The third-order valence-electron chi connectivity index (χ3n) is 5.00. The molecular formula is C22H36N6. The maximum Gasteiger partial charge on any atom is 0.191 e. The second kappa shape index (κ2) is 10.9. The molecule has 1 aromatic heterocycles. The third kappa shape index (κ3) is 6.68. The molecule has 1 atom stereocenters. The molecule has 0 spiro atoms. The average Bonchev–Trinajstić information content (AvgIpc) is 3.09. The van der Waals surface area contributed by atoms with Crippen molar-refractivity contribution in [2.24, 2.45) is 12.0 Å². The van der Waals surface area contributed by atoms with E-state index in [-0.39, 0.29) is 6.04 Å². The summed E-state index contributed by atoms with van der Waals surface area (Å²) < 4.78 is 1.84. The number of hydrogen-bond acceptors (Lipinski definition) is 3. The van der Waals surface area contributed by atoms with E-state index in [9.17, 15) is 0 Å². The molecule has 0 aliphatic heterocycles. The van der Waals surface area contributed by atoms with Crippen LogP contribution in [-0.4, -0.2) is 54.9 Å². The number of likely N-dealkylation sites (N-methyl/N-ethyl adjacent to an activating group) is 1. The maximum atomic E-state index is 4.35. The van der Waals surface area contributed by atoms with Crippen LogP contribution in [0.2, 0.25) is 0 Å². The molecule has 0 aliphatic carbocycles. The van der Waals surface area contributed by atoms with Crippen LogP contribution in [0.15, 0.2) is 41.7 Å². The highest BCUT2D eigenvalue weighted by Crippen LogP contribution is 2.16. The minimum atomic E-state index is 0.242. The Kier molecular flexibility index (Phi) is 8.51. The largest absolute Gasteiger partial charge is 0.356 e. The molecule has 0 radical (unpaired) electrons. The van der Waals surface area contributed by atoms with Crippen molar-refractivity contribution in [3.8, 4) is 0 Å². The second-order valence-corrected chi connectivity index (χ2v) is 7.81. The lowest BCUT2D eigenvalue weighted by molar-refractivity contribution is 0.298. The van der Waals surface area contributed by atoms with Gasteiger partial charge in [-0.1, -0.05) is 38.1 Å². The minimum Gasteiger partial charge on any atom is -0.356 e. The van der Waals surface area contributed by atoms with E-state index < -0.39 is 0 Å². The minimum absolute atomic E-state index is 0.242. The zero-order valence-corrected chi connectivity index (χ0v) is 18.2. The molecule has 0 saturated heterocycles. The van der Waals surface area contributed by atoms with Crippen LogP contribution in [0.4, 0.5) is 0 Å². The SMILES string of the molecule is CN=C(NCCCc1ccc(C(C)C)cc1)NCC(c1cnn(C)c1)N(C)C. The van der Waals surface area contributed by atoms with Crippen LogP contribution >= 0.6 is 0 Å². The topological polar surface area (TPSA) is 57.5 Å². The molecule has 28 heavy (non-hydrogen) atoms. The fourth-order valence-corrected chi connectivity index (χ4v) is 3.19. The van der Waals surface area contributed by atoms with Crippen LogP contribution < -0.4 is 10.6 Å². The van der Waals surface area contributed by atoms with Gasteiger partial charge in [0, 0.05) is 38.9 Å². The molecule has 0 saturated carbocycles. The highest BCUT2D eigenvalue weighted by Gasteiger charge is 2.16. The molecule has 1 aromatic carbocycles.